The van der Waals surface area contributed by atoms with Crippen molar-refractivity contribution in [2.24, 2.45) is 0 Å². The number of nitrogen functional groups attached to an aromatic ring is 2. The average molecular weight is 352 g/mol. The number of para-hydroxylation sites is 1. The van der Waals surface area contributed by atoms with Crippen molar-refractivity contribution >= 4 is 11.4 Å². The lowest BCUT2D eigenvalue weighted by molar-refractivity contribution is 0.484. The number of benzene rings is 4. The van der Waals surface area contributed by atoms with E-state index in [2.05, 4.69) is 18.2 Å². The second-order valence-electron chi connectivity index (χ2n) is 6.34. The summed E-state index contributed by atoms with van der Waals surface area (Å²) in [6.45, 7) is 0. The van der Waals surface area contributed by atoms with Crippen LogP contribution in [0.25, 0.3) is 22.3 Å². The van der Waals surface area contributed by atoms with E-state index in [4.69, 9.17) is 16.2 Å². The van der Waals surface area contributed by atoms with E-state index in [9.17, 15) is 0 Å². The Labute approximate surface area is 158 Å². The van der Waals surface area contributed by atoms with Gasteiger partial charge in [-0.25, -0.2) is 0 Å². The predicted octanol–water partition coefficient (Wildman–Crippen LogP) is 5.98. The zero-order valence-electron chi connectivity index (χ0n) is 14.8. The molecule has 0 saturated carbocycles. The molecule has 0 radical (unpaired) electrons. The Morgan fingerprint density at radius 2 is 1.26 bits per heavy atom. The SMILES string of the molecule is Nc1ccc(-c2ccc(Oc3ccccc3)c(-c3ccccc3)c2)c(N)c1. The molecule has 4 N–H and O–H groups in total. The molecule has 0 saturated heterocycles. The number of hydrogen-bond acceptors (Lipinski definition) is 3. The van der Waals surface area contributed by atoms with E-state index in [1.807, 2.05) is 72.8 Å². The summed E-state index contributed by atoms with van der Waals surface area (Å²) in [5.41, 5.74) is 17.4. The van der Waals surface area contributed by atoms with Crippen LogP contribution in [-0.2, 0) is 0 Å². The van der Waals surface area contributed by atoms with Crippen LogP contribution in [0.4, 0.5) is 11.4 Å². The zero-order valence-corrected chi connectivity index (χ0v) is 14.8. The lowest BCUT2D eigenvalue weighted by atomic mass is 9.97. The number of rotatable bonds is 4. The van der Waals surface area contributed by atoms with Crippen LogP contribution in [0.1, 0.15) is 0 Å². The van der Waals surface area contributed by atoms with Gasteiger partial charge in [0.1, 0.15) is 11.5 Å². The van der Waals surface area contributed by atoms with Crippen molar-refractivity contribution in [2.75, 3.05) is 11.5 Å². The van der Waals surface area contributed by atoms with Gasteiger partial charge in [-0.3, -0.25) is 0 Å². The molecule has 3 heteroatoms. The highest BCUT2D eigenvalue weighted by molar-refractivity contribution is 5.84. The van der Waals surface area contributed by atoms with E-state index in [0.29, 0.717) is 11.4 Å². The van der Waals surface area contributed by atoms with E-state index in [1.165, 1.54) is 0 Å². The van der Waals surface area contributed by atoms with Crippen LogP contribution in [0.15, 0.2) is 97.1 Å². The molecule has 0 unspecified atom stereocenters. The molecule has 4 aromatic carbocycles. The molecule has 0 aliphatic carbocycles. The standard InChI is InChI=1S/C24H20N2O/c25-19-12-13-21(23(26)16-19)18-11-14-24(27-20-9-5-2-6-10-20)22(15-18)17-7-3-1-4-8-17/h1-16H,25-26H2. The number of anilines is 2. The van der Waals surface area contributed by atoms with Crippen molar-refractivity contribution in [1.29, 1.82) is 0 Å². The highest BCUT2D eigenvalue weighted by Gasteiger charge is 2.11. The fraction of sp³-hybridized carbons (Fsp3) is 0. The second kappa shape index (κ2) is 7.26. The first kappa shape index (κ1) is 16.7. The highest BCUT2D eigenvalue weighted by Crippen LogP contribution is 2.38. The average Bonchev–Trinajstić information content (AvgIpc) is 2.70. The predicted molar refractivity (Wildman–Crippen MR) is 113 cm³/mol. The fourth-order valence-electron chi connectivity index (χ4n) is 3.09. The maximum Gasteiger partial charge on any atom is 0.135 e. The monoisotopic (exact) mass is 352 g/mol. The van der Waals surface area contributed by atoms with Crippen molar-refractivity contribution in [2.45, 2.75) is 0 Å². The quantitative estimate of drug-likeness (QED) is 0.444. The van der Waals surface area contributed by atoms with Gasteiger partial charge in [0.25, 0.3) is 0 Å². The highest BCUT2D eigenvalue weighted by atomic mass is 16.5. The molecule has 0 atom stereocenters. The lowest BCUT2D eigenvalue weighted by Crippen LogP contribution is -1.94. The molecule has 0 aliphatic heterocycles. The lowest BCUT2D eigenvalue weighted by Gasteiger charge is -2.14. The summed E-state index contributed by atoms with van der Waals surface area (Å²) in [5, 5.41) is 0. The molecule has 4 rings (SSSR count). The first-order valence-corrected chi connectivity index (χ1v) is 8.78. The van der Waals surface area contributed by atoms with E-state index in [0.717, 1.165) is 33.8 Å². The van der Waals surface area contributed by atoms with E-state index in [1.54, 1.807) is 6.07 Å². The molecule has 0 amide bonds. The molecular weight excluding hydrogens is 332 g/mol. The van der Waals surface area contributed by atoms with Crippen LogP contribution in [-0.4, -0.2) is 0 Å². The summed E-state index contributed by atoms with van der Waals surface area (Å²) in [6, 6.07) is 31.7. The zero-order chi connectivity index (χ0) is 18.6. The fourth-order valence-corrected chi connectivity index (χ4v) is 3.09. The Morgan fingerprint density at radius 1 is 0.556 bits per heavy atom. The van der Waals surface area contributed by atoms with E-state index < -0.39 is 0 Å². The first-order valence-electron chi connectivity index (χ1n) is 8.78. The molecule has 0 fully saturated rings. The summed E-state index contributed by atoms with van der Waals surface area (Å²) in [5.74, 6) is 1.60. The van der Waals surface area contributed by atoms with Gasteiger partial charge in [0.05, 0.1) is 0 Å². The Morgan fingerprint density at radius 3 is 1.96 bits per heavy atom. The molecular formula is C24H20N2O. The molecule has 27 heavy (non-hydrogen) atoms. The van der Waals surface area contributed by atoms with Crippen LogP contribution in [0.2, 0.25) is 0 Å². The van der Waals surface area contributed by atoms with Crippen molar-refractivity contribution in [3.63, 3.8) is 0 Å². The largest absolute Gasteiger partial charge is 0.457 e. The molecule has 0 aliphatic rings. The number of ether oxygens (including phenoxy) is 1. The van der Waals surface area contributed by atoms with Gasteiger partial charge >= 0.3 is 0 Å². The summed E-state index contributed by atoms with van der Waals surface area (Å²) >= 11 is 0. The van der Waals surface area contributed by atoms with Gasteiger partial charge < -0.3 is 16.2 Å². The number of nitrogens with two attached hydrogens (primary N) is 2. The minimum Gasteiger partial charge on any atom is -0.457 e. The molecule has 0 heterocycles. The maximum atomic E-state index is 6.19. The number of hydrogen-bond donors (Lipinski definition) is 2. The summed E-state index contributed by atoms with van der Waals surface area (Å²) in [7, 11) is 0. The Bertz CT molecular complexity index is 1060. The second-order valence-corrected chi connectivity index (χ2v) is 6.34. The van der Waals surface area contributed by atoms with Crippen molar-refractivity contribution in [1.82, 2.24) is 0 Å². The Balaban J connectivity index is 1.83. The molecule has 4 aromatic rings. The van der Waals surface area contributed by atoms with Gasteiger partial charge in [0.2, 0.25) is 0 Å². The molecule has 0 spiro atoms. The van der Waals surface area contributed by atoms with Gasteiger partial charge in [-0.1, -0.05) is 60.7 Å². The first-order chi connectivity index (χ1) is 13.2. The minimum absolute atomic E-state index is 0.656. The van der Waals surface area contributed by atoms with Gasteiger partial charge in [0, 0.05) is 22.5 Å². The van der Waals surface area contributed by atoms with E-state index >= 15 is 0 Å². The summed E-state index contributed by atoms with van der Waals surface area (Å²) < 4.78 is 6.15. The molecule has 0 aromatic heterocycles. The third-order valence-corrected chi connectivity index (χ3v) is 4.42. The molecule has 0 bridgehead atoms. The van der Waals surface area contributed by atoms with Crippen LogP contribution in [0.5, 0.6) is 11.5 Å². The van der Waals surface area contributed by atoms with Gasteiger partial charge in [-0.15, -0.1) is 0 Å². The normalized spacial score (nSPS) is 10.5. The molecule has 3 nitrogen and oxygen atoms in total. The topological polar surface area (TPSA) is 61.3 Å². The van der Waals surface area contributed by atoms with E-state index in [-0.39, 0.29) is 0 Å². The third kappa shape index (κ3) is 3.62. The summed E-state index contributed by atoms with van der Waals surface area (Å²) in [6.07, 6.45) is 0. The van der Waals surface area contributed by atoms with Gasteiger partial charge in [-0.2, -0.15) is 0 Å². The van der Waals surface area contributed by atoms with Crippen LogP contribution in [0, 0.1) is 0 Å². The van der Waals surface area contributed by atoms with Gasteiger partial charge in [-0.05, 0) is 47.5 Å². The minimum atomic E-state index is 0.656. The maximum absolute atomic E-state index is 6.19. The Kier molecular flexibility index (Phi) is 4.50. The Hall–Kier alpha value is -3.72. The van der Waals surface area contributed by atoms with Crippen molar-refractivity contribution in [3.8, 4) is 33.8 Å². The smallest absolute Gasteiger partial charge is 0.135 e. The third-order valence-electron chi connectivity index (χ3n) is 4.42. The van der Waals surface area contributed by atoms with Crippen molar-refractivity contribution < 1.29 is 4.74 Å². The molecule has 132 valence electrons. The van der Waals surface area contributed by atoms with Crippen molar-refractivity contribution in [3.05, 3.63) is 97.1 Å². The van der Waals surface area contributed by atoms with Crippen LogP contribution in [0.3, 0.4) is 0 Å². The van der Waals surface area contributed by atoms with Crippen LogP contribution >= 0.6 is 0 Å². The van der Waals surface area contributed by atoms with Crippen LogP contribution < -0.4 is 16.2 Å². The van der Waals surface area contributed by atoms with Gasteiger partial charge in [0.15, 0.2) is 0 Å². The summed E-state index contributed by atoms with van der Waals surface area (Å²) in [4.78, 5) is 0.